The summed E-state index contributed by atoms with van der Waals surface area (Å²) in [5.41, 5.74) is 4.26. The Labute approximate surface area is 113 Å². The summed E-state index contributed by atoms with van der Waals surface area (Å²) >= 11 is 0. The average Bonchev–Trinajstić information content (AvgIpc) is 2.79. The molecule has 0 unspecified atom stereocenters. The molecule has 1 aromatic heterocycles. The molecule has 0 atom stereocenters. The quantitative estimate of drug-likeness (QED) is 0.775. The van der Waals surface area contributed by atoms with Crippen LogP contribution < -0.4 is 4.74 Å². The zero-order valence-corrected chi connectivity index (χ0v) is 12.1. The van der Waals surface area contributed by atoms with Gasteiger partial charge < -0.3 is 9.15 Å². The molecule has 0 fully saturated rings. The molecule has 0 aliphatic carbocycles. The lowest BCUT2D eigenvalue weighted by Crippen LogP contribution is -2.24. The molecule has 3 heteroatoms. The molecule has 2 heterocycles. The van der Waals surface area contributed by atoms with Crippen LogP contribution in [0.3, 0.4) is 0 Å². The maximum atomic E-state index is 5.99. The lowest BCUT2D eigenvalue weighted by molar-refractivity contribution is 0.137. The molecule has 1 aliphatic heterocycles. The Morgan fingerprint density at radius 1 is 1.16 bits per heavy atom. The molecular formula is C16H19NO2. The van der Waals surface area contributed by atoms with Crippen LogP contribution in [0.1, 0.15) is 36.4 Å². The molecule has 0 saturated carbocycles. The molecule has 3 rings (SSSR count). The Morgan fingerprint density at radius 2 is 1.89 bits per heavy atom. The van der Waals surface area contributed by atoms with E-state index in [0.29, 0.717) is 5.89 Å². The third-order valence-corrected chi connectivity index (χ3v) is 3.62. The van der Waals surface area contributed by atoms with E-state index in [-0.39, 0.29) is 5.60 Å². The molecule has 0 amide bonds. The topological polar surface area (TPSA) is 35.3 Å². The van der Waals surface area contributed by atoms with Gasteiger partial charge in [-0.15, -0.1) is 0 Å². The van der Waals surface area contributed by atoms with Crippen molar-refractivity contribution in [3.05, 3.63) is 34.7 Å². The van der Waals surface area contributed by atoms with Crippen LogP contribution in [0.4, 0.5) is 0 Å². The van der Waals surface area contributed by atoms with E-state index in [1.165, 1.54) is 5.56 Å². The highest BCUT2D eigenvalue weighted by Crippen LogP contribution is 2.40. The molecular weight excluding hydrogens is 238 g/mol. The van der Waals surface area contributed by atoms with E-state index in [4.69, 9.17) is 9.15 Å². The number of hydrogen-bond acceptors (Lipinski definition) is 3. The summed E-state index contributed by atoms with van der Waals surface area (Å²) in [6.07, 6.45) is 0.926. The Hall–Kier alpha value is -1.77. The van der Waals surface area contributed by atoms with Crippen molar-refractivity contribution >= 4 is 0 Å². The fourth-order valence-corrected chi connectivity index (χ4v) is 2.62. The molecule has 1 aromatic carbocycles. The van der Waals surface area contributed by atoms with Gasteiger partial charge >= 0.3 is 0 Å². The molecule has 0 saturated heterocycles. The molecule has 100 valence electrons. The first-order chi connectivity index (χ1) is 8.85. The number of hydrogen-bond donors (Lipinski definition) is 0. The molecule has 1 aliphatic rings. The Morgan fingerprint density at radius 3 is 2.53 bits per heavy atom. The van der Waals surface area contributed by atoms with Crippen LogP contribution in [-0.2, 0) is 6.42 Å². The smallest absolute Gasteiger partial charge is 0.226 e. The van der Waals surface area contributed by atoms with Gasteiger partial charge in [-0.2, -0.15) is 0 Å². The number of ether oxygens (including phenoxy) is 1. The van der Waals surface area contributed by atoms with Crippen LogP contribution in [0, 0.1) is 20.8 Å². The Bertz CT molecular complexity index is 634. The Kier molecular flexibility index (Phi) is 2.49. The summed E-state index contributed by atoms with van der Waals surface area (Å²) in [4.78, 5) is 4.48. The van der Waals surface area contributed by atoms with Crippen molar-refractivity contribution < 1.29 is 9.15 Å². The second kappa shape index (κ2) is 3.86. The summed E-state index contributed by atoms with van der Waals surface area (Å²) in [5.74, 6) is 2.60. The number of benzene rings is 1. The predicted octanol–water partition coefficient (Wildman–Crippen LogP) is 3.98. The second-order valence-corrected chi connectivity index (χ2v) is 5.98. The number of nitrogens with zero attached hydrogens (tertiary/aromatic N) is 1. The summed E-state index contributed by atoms with van der Waals surface area (Å²) in [7, 11) is 0. The molecule has 2 aromatic rings. The summed E-state index contributed by atoms with van der Waals surface area (Å²) in [5, 5.41) is 0. The number of aryl methyl sites for hydroxylation is 3. The zero-order chi connectivity index (χ0) is 13.8. The number of rotatable bonds is 1. The van der Waals surface area contributed by atoms with Crippen LogP contribution in [0.5, 0.6) is 5.75 Å². The third kappa shape index (κ3) is 2.03. The first-order valence-corrected chi connectivity index (χ1v) is 6.63. The summed E-state index contributed by atoms with van der Waals surface area (Å²) in [6.45, 7) is 10.2. The average molecular weight is 257 g/mol. The lowest BCUT2D eigenvalue weighted by atomic mass is 9.98. The minimum Gasteiger partial charge on any atom is -0.487 e. The van der Waals surface area contributed by atoms with Crippen molar-refractivity contribution in [2.75, 3.05) is 0 Å². The zero-order valence-electron chi connectivity index (χ0n) is 12.1. The van der Waals surface area contributed by atoms with Crippen molar-refractivity contribution in [2.24, 2.45) is 0 Å². The highest BCUT2D eigenvalue weighted by Gasteiger charge is 2.31. The van der Waals surface area contributed by atoms with E-state index in [9.17, 15) is 0 Å². The van der Waals surface area contributed by atoms with Crippen LogP contribution >= 0.6 is 0 Å². The fourth-order valence-electron chi connectivity index (χ4n) is 2.62. The van der Waals surface area contributed by atoms with E-state index in [1.54, 1.807) is 0 Å². The van der Waals surface area contributed by atoms with Crippen molar-refractivity contribution in [1.29, 1.82) is 0 Å². The van der Waals surface area contributed by atoms with Crippen molar-refractivity contribution in [2.45, 2.75) is 46.6 Å². The van der Waals surface area contributed by atoms with E-state index in [0.717, 1.165) is 34.8 Å². The maximum Gasteiger partial charge on any atom is 0.226 e. The molecule has 0 spiro atoms. The predicted molar refractivity (Wildman–Crippen MR) is 74.6 cm³/mol. The summed E-state index contributed by atoms with van der Waals surface area (Å²) < 4.78 is 11.7. The van der Waals surface area contributed by atoms with Gasteiger partial charge in [0.05, 0.1) is 5.69 Å². The number of oxazole rings is 1. The van der Waals surface area contributed by atoms with Gasteiger partial charge in [-0.25, -0.2) is 4.98 Å². The molecule has 3 nitrogen and oxygen atoms in total. The third-order valence-electron chi connectivity index (χ3n) is 3.62. The van der Waals surface area contributed by atoms with Crippen molar-refractivity contribution in [1.82, 2.24) is 4.98 Å². The van der Waals surface area contributed by atoms with Crippen LogP contribution in [0.2, 0.25) is 0 Å². The standard InChI is InChI=1S/C16H19NO2/c1-9-6-12(15-17-10(2)11(3)18-15)7-13-8-16(4,5)19-14(9)13/h6-7H,8H2,1-5H3. The van der Waals surface area contributed by atoms with E-state index < -0.39 is 0 Å². The van der Waals surface area contributed by atoms with Gasteiger partial charge in [0.1, 0.15) is 17.1 Å². The van der Waals surface area contributed by atoms with Gasteiger partial charge in [-0.05, 0) is 57.9 Å². The monoisotopic (exact) mass is 257 g/mol. The molecule has 0 N–H and O–H groups in total. The molecule has 0 radical (unpaired) electrons. The maximum absolute atomic E-state index is 5.99. The van der Waals surface area contributed by atoms with Gasteiger partial charge in [0.2, 0.25) is 5.89 Å². The van der Waals surface area contributed by atoms with Gasteiger partial charge in [0.25, 0.3) is 0 Å². The SMILES string of the molecule is Cc1cc(-c2nc(C)c(C)o2)cc2c1OC(C)(C)C2. The number of fused-ring (bicyclic) bond motifs is 1. The first-order valence-electron chi connectivity index (χ1n) is 6.63. The van der Waals surface area contributed by atoms with Gasteiger partial charge in [0.15, 0.2) is 0 Å². The highest BCUT2D eigenvalue weighted by molar-refractivity contribution is 5.62. The van der Waals surface area contributed by atoms with Crippen LogP contribution in [-0.4, -0.2) is 10.6 Å². The van der Waals surface area contributed by atoms with E-state index in [2.05, 4.69) is 37.9 Å². The van der Waals surface area contributed by atoms with Crippen LogP contribution in [0.25, 0.3) is 11.5 Å². The largest absolute Gasteiger partial charge is 0.487 e. The van der Waals surface area contributed by atoms with Crippen molar-refractivity contribution in [3.63, 3.8) is 0 Å². The first kappa shape index (κ1) is 12.3. The van der Waals surface area contributed by atoms with Gasteiger partial charge in [-0.1, -0.05) is 0 Å². The minimum atomic E-state index is -0.117. The minimum absolute atomic E-state index is 0.117. The van der Waals surface area contributed by atoms with Gasteiger partial charge in [0, 0.05) is 12.0 Å². The highest BCUT2D eigenvalue weighted by atomic mass is 16.5. The van der Waals surface area contributed by atoms with Gasteiger partial charge in [-0.3, -0.25) is 0 Å². The van der Waals surface area contributed by atoms with E-state index in [1.807, 2.05) is 13.8 Å². The fraction of sp³-hybridized carbons (Fsp3) is 0.438. The molecule has 0 bridgehead atoms. The van der Waals surface area contributed by atoms with Crippen molar-refractivity contribution in [3.8, 4) is 17.2 Å². The summed E-state index contributed by atoms with van der Waals surface area (Å²) in [6, 6.07) is 4.23. The van der Waals surface area contributed by atoms with Crippen LogP contribution in [0.15, 0.2) is 16.5 Å². The Balaban J connectivity index is 2.09. The number of aromatic nitrogens is 1. The molecule has 19 heavy (non-hydrogen) atoms. The second-order valence-electron chi connectivity index (χ2n) is 5.98. The van der Waals surface area contributed by atoms with E-state index >= 15 is 0 Å². The normalized spacial score (nSPS) is 16.3. The lowest BCUT2D eigenvalue weighted by Gasteiger charge is -2.17.